The van der Waals surface area contributed by atoms with Crippen molar-refractivity contribution in [3.63, 3.8) is 0 Å². The number of hydrogen-bond acceptors (Lipinski definition) is 4. The molecule has 0 saturated heterocycles. The molecule has 1 fully saturated rings. The van der Waals surface area contributed by atoms with Gasteiger partial charge in [-0.25, -0.2) is 0 Å². The van der Waals surface area contributed by atoms with Gasteiger partial charge in [0.1, 0.15) is 5.76 Å². The molecule has 134 valence electrons. The highest BCUT2D eigenvalue weighted by Gasteiger charge is 2.29. The molecule has 0 unspecified atom stereocenters. The molecule has 1 amide bonds. The summed E-state index contributed by atoms with van der Waals surface area (Å²) in [5.74, 6) is 1.55. The highest BCUT2D eigenvalue weighted by molar-refractivity contribution is 7.10. The van der Waals surface area contributed by atoms with Gasteiger partial charge in [-0.1, -0.05) is 49.3 Å². The van der Waals surface area contributed by atoms with Crippen molar-refractivity contribution in [3.05, 3.63) is 75.3 Å². The maximum absolute atomic E-state index is 12.7. The van der Waals surface area contributed by atoms with Gasteiger partial charge in [-0.05, 0) is 41.3 Å². The molecule has 1 aliphatic rings. The van der Waals surface area contributed by atoms with Gasteiger partial charge < -0.3 is 9.84 Å². The van der Waals surface area contributed by atoms with Gasteiger partial charge in [-0.2, -0.15) is 0 Å². The van der Waals surface area contributed by atoms with E-state index < -0.39 is 0 Å². The number of thiophene rings is 1. The Balaban J connectivity index is 1.57. The van der Waals surface area contributed by atoms with E-state index in [-0.39, 0.29) is 11.9 Å². The fourth-order valence-electron chi connectivity index (χ4n) is 3.01. The second-order valence-corrected chi connectivity index (χ2v) is 8.11. The highest BCUT2D eigenvalue weighted by atomic mass is 32.1. The molecule has 1 aromatic carbocycles. The molecule has 1 saturated carbocycles. The van der Waals surface area contributed by atoms with Crippen LogP contribution in [-0.4, -0.2) is 11.1 Å². The van der Waals surface area contributed by atoms with Crippen LogP contribution in [0.15, 0.2) is 52.4 Å². The maximum atomic E-state index is 12.7. The first-order valence-corrected chi connectivity index (χ1v) is 9.90. The fraction of sp³-hybridized carbons (Fsp3) is 0.333. The van der Waals surface area contributed by atoms with Crippen molar-refractivity contribution in [1.29, 1.82) is 0 Å². The Hall–Kier alpha value is -2.40. The molecule has 0 aliphatic heterocycles. The summed E-state index contributed by atoms with van der Waals surface area (Å²) in [4.78, 5) is 13.8. The second-order valence-electron chi connectivity index (χ2n) is 7.13. The van der Waals surface area contributed by atoms with Gasteiger partial charge in [0.15, 0.2) is 5.69 Å². The van der Waals surface area contributed by atoms with Crippen molar-refractivity contribution in [2.24, 2.45) is 0 Å². The lowest BCUT2D eigenvalue weighted by Crippen LogP contribution is -2.29. The van der Waals surface area contributed by atoms with Gasteiger partial charge in [0.25, 0.3) is 5.91 Å². The Labute approximate surface area is 157 Å². The van der Waals surface area contributed by atoms with Gasteiger partial charge in [-0.15, -0.1) is 11.3 Å². The van der Waals surface area contributed by atoms with Crippen LogP contribution in [0.5, 0.6) is 0 Å². The van der Waals surface area contributed by atoms with Crippen molar-refractivity contribution in [2.75, 3.05) is 0 Å². The molecule has 3 aromatic rings. The Bertz CT molecular complexity index is 877. The molecule has 1 atom stereocenters. The van der Waals surface area contributed by atoms with Gasteiger partial charge in [0, 0.05) is 16.9 Å². The van der Waals surface area contributed by atoms with Crippen molar-refractivity contribution < 1.29 is 9.32 Å². The summed E-state index contributed by atoms with van der Waals surface area (Å²) in [6.07, 6.45) is 2.24. The zero-order chi connectivity index (χ0) is 18.1. The normalized spacial score (nSPS) is 15.2. The quantitative estimate of drug-likeness (QED) is 0.648. The third kappa shape index (κ3) is 3.58. The molecule has 1 aliphatic carbocycles. The number of nitrogens with zero attached hydrogens (tertiary/aromatic N) is 1. The number of carbonyl (C=O) groups is 1. The van der Waals surface area contributed by atoms with Crippen LogP contribution in [0, 0.1) is 0 Å². The Morgan fingerprint density at radius 3 is 2.54 bits per heavy atom. The Morgan fingerprint density at radius 2 is 1.92 bits per heavy atom. The first-order chi connectivity index (χ1) is 12.6. The second kappa shape index (κ2) is 7.08. The molecule has 5 heteroatoms. The van der Waals surface area contributed by atoms with Crippen molar-refractivity contribution in [1.82, 2.24) is 10.5 Å². The van der Waals surface area contributed by atoms with Crippen LogP contribution in [0.1, 0.15) is 76.8 Å². The van der Waals surface area contributed by atoms with Crippen LogP contribution >= 0.6 is 11.3 Å². The molecule has 2 aromatic heterocycles. The number of aromatic nitrogens is 1. The lowest BCUT2D eigenvalue weighted by molar-refractivity contribution is 0.0934. The molecule has 1 N–H and O–H groups in total. The Kier molecular flexibility index (Phi) is 4.64. The maximum Gasteiger partial charge on any atom is 0.274 e. The van der Waals surface area contributed by atoms with E-state index >= 15 is 0 Å². The molecular formula is C21H22N2O2S. The molecule has 0 spiro atoms. The van der Waals surface area contributed by atoms with E-state index in [1.54, 1.807) is 17.4 Å². The molecule has 0 bridgehead atoms. The van der Waals surface area contributed by atoms with E-state index in [2.05, 4.69) is 48.6 Å². The van der Waals surface area contributed by atoms with Crippen LogP contribution in [0.3, 0.4) is 0 Å². The average Bonchev–Trinajstić information content (AvgIpc) is 3.14. The molecular weight excluding hydrogens is 344 g/mol. The lowest BCUT2D eigenvalue weighted by Gasteiger charge is -2.18. The topological polar surface area (TPSA) is 55.1 Å². The fourth-order valence-corrected chi connectivity index (χ4v) is 3.81. The van der Waals surface area contributed by atoms with E-state index in [0.717, 1.165) is 29.0 Å². The summed E-state index contributed by atoms with van der Waals surface area (Å²) in [6.45, 7) is 4.35. The molecule has 26 heavy (non-hydrogen) atoms. The van der Waals surface area contributed by atoms with Crippen LogP contribution in [0.2, 0.25) is 0 Å². The van der Waals surface area contributed by atoms with Crippen molar-refractivity contribution >= 4 is 17.2 Å². The van der Waals surface area contributed by atoms with Crippen LogP contribution in [0.25, 0.3) is 0 Å². The Morgan fingerprint density at radius 1 is 1.19 bits per heavy atom. The molecule has 4 nitrogen and oxygen atoms in total. The highest BCUT2D eigenvalue weighted by Crippen LogP contribution is 2.40. The minimum Gasteiger partial charge on any atom is -0.360 e. The zero-order valence-corrected chi connectivity index (χ0v) is 15.8. The zero-order valence-electron chi connectivity index (χ0n) is 14.9. The number of benzene rings is 1. The van der Waals surface area contributed by atoms with Crippen LogP contribution in [0.4, 0.5) is 0 Å². The molecule has 4 rings (SSSR count). The first-order valence-electron chi connectivity index (χ1n) is 9.02. The van der Waals surface area contributed by atoms with E-state index in [4.69, 9.17) is 4.52 Å². The summed E-state index contributed by atoms with van der Waals surface area (Å²) >= 11 is 1.64. The van der Waals surface area contributed by atoms with E-state index in [1.165, 1.54) is 5.56 Å². The third-order valence-electron chi connectivity index (χ3n) is 4.78. The van der Waals surface area contributed by atoms with Crippen LogP contribution < -0.4 is 5.32 Å². The minimum atomic E-state index is -0.202. The SMILES string of the molecule is CC(C)c1ccc([C@H](NC(=O)c2cc(C3CC3)on2)c2cccs2)cc1. The number of amides is 1. The summed E-state index contributed by atoms with van der Waals surface area (Å²) in [7, 11) is 0. The standard InChI is InChI=1S/C21H22N2O2S/c1-13(2)14-5-9-16(10-6-14)20(19-4-3-11-26-19)22-21(24)17-12-18(25-23-17)15-7-8-15/h3-6,9-13,15,20H,7-8H2,1-2H3,(H,22,24)/t20-/m0/s1. The number of carbonyl (C=O) groups excluding carboxylic acids is 1. The first kappa shape index (κ1) is 17.0. The van der Waals surface area contributed by atoms with Gasteiger partial charge in [-0.3, -0.25) is 4.79 Å². The predicted molar refractivity (Wildman–Crippen MR) is 103 cm³/mol. The minimum absolute atomic E-state index is 0.190. The van der Waals surface area contributed by atoms with Gasteiger partial charge in [0.2, 0.25) is 0 Å². The van der Waals surface area contributed by atoms with Gasteiger partial charge in [0.05, 0.1) is 6.04 Å². The average molecular weight is 366 g/mol. The van der Waals surface area contributed by atoms with Crippen molar-refractivity contribution in [3.8, 4) is 0 Å². The van der Waals surface area contributed by atoms with E-state index in [0.29, 0.717) is 17.5 Å². The number of hydrogen-bond donors (Lipinski definition) is 1. The summed E-state index contributed by atoms with van der Waals surface area (Å²) in [5, 5.41) is 9.11. The molecule has 2 heterocycles. The smallest absolute Gasteiger partial charge is 0.274 e. The largest absolute Gasteiger partial charge is 0.360 e. The van der Waals surface area contributed by atoms with Gasteiger partial charge >= 0.3 is 0 Å². The van der Waals surface area contributed by atoms with Crippen LogP contribution in [-0.2, 0) is 0 Å². The van der Waals surface area contributed by atoms with Crippen molar-refractivity contribution in [2.45, 2.75) is 44.6 Å². The molecule has 0 radical (unpaired) electrons. The predicted octanol–water partition coefficient (Wildman–Crippen LogP) is 5.26. The lowest BCUT2D eigenvalue weighted by atomic mass is 9.98. The monoisotopic (exact) mass is 366 g/mol. The third-order valence-corrected chi connectivity index (χ3v) is 5.72. The summed E-state index contributed by atoms with van der Waals surface area (Å²) < 4.78 is 5.32. The van der Waals surface area contributed by atoms with E-state index in [9.17, 15) is 4.79 Å². The summed E-state index contributed by atoms with van der Waals surface area (Å²) in [6, 6.07) is 14.1. The summed E-state index contributed by atoms with van der Waals surface area (Å²) in [5.41, 5.74) is 2.71. The number of rotatable bonds is 6. The van der Waals surface area contributed by atoms with E-state index in [1.807, 2.05) is 17.5 Å². The number of nitrogens with one attached hydrogen (secondary N) is 1.